The molecule has 1 heterocycles. The number of likely N-dealkylation sites (N-methyl/N-ethyl adjacent to an activating group) is 1. The minimum atomic E-state index is -0.524. The highest BCUT2D eigenvalue weighted by Crippen LogP contribution is 2.32. The number of carbonyl (C=O) groups is 2. The minimum Gasteiger partial charge on any atom is -0.392 e. The van der Waals surface area contributed by atoms with Gasteiger partial charge in [-0.2, -0.15) is 0 Å². The Balaban J connectivity index is 2.38. The van der Waals surface area contributed by atoms with Gasteiger partial charge in [0.1, 0.15) is 11.0 Å². The van der Waals surface area contributed by atoms with Crippen molar-refractivity contribution in [3.63, 3.8) is 0 Å². The molecule has 39 heavy (non-hydrogen) atoms. The molecule has 1 fully saturated rings. The molecule has 0 spiro atoms. The van der Waals surface area contributed by atoms with Gasteiger partial charge in [0.25, 0.3) is 0 Å². The van der Waals surface area contributed by atoms with Crippen molar-refractivity contribution in [2.75, 3.05) is 27.2 Å². The number of nitrogens with zero attached hydrogens (tertiary/aromatic N) is 3. The van der Waals surface area contributed by atoms with E-state index in [0.29, 0.717) is 13.1 Å². The van der Waals surface area contributed by atoms with Gasteiger partial charge in [0.15, 0.2) is 0 Å². The fraction of sp³-hybridized carbons (Fsp3) is 0.633. The highest BCUT2D eigenvalue weighted by Gasteiger charge is 2.36. The third-order valence-electron chi connectivity index (χ3n) is 7.31. The summed E-state index contributed by atoms with van der Waals surface area (Å²) < 4.78 is 0. The van der Waals surface area contributed by atoms with Crippen LogP contribution in [0.15, 0.2) is 36.5 Å². The zero-order chi connectivity index (χ0) is 28.8. The van der Waals surface area contributed by atoms with Crippen molar-refractivity contribution in [2.24, 2.45) is 5.92 Å². The molecule has 1 aromatic rings. The van der Waals surface area contributed by atoms with Crippen LogP contribution < -0.4 is 16.0 Å². The number of carbonyl (C=O) groups excluding carboxylic acids is 2. The summed E-state index contributed by atoms with van der Waals surface area (Å²) in [4.78, 5) is 36.1. The minimum absolute atomic E-state index is 0.00481. The lowest BCUT2D eigenvalue weighted by Gasteiger charge is -2.36. The third-order valence-corrected chi connectivity index (χ3v) is 8.32. The number of rotatable bonds is 16. The van der Waals surface area contributed by atoms with Crippen molar-refractivity contribution in [1.29, 1.82) is 0 Å². The van der Waals surface area contributed by atoms with E-state index in [0.717, 1.165) is 54.9 Å². The maximum absolute atomic E-state index is 14.2. The maximum Gasteiger partial charge on any atom is 0.246 e. The van der Waals surface area contributed by atoms with Crippen molar-refractivity contribution in [3.05, 3.63) is 47.2 Å². The first-order chi connectivity index (χ1) is 18.8. The van der Waals surface area contributed by atoms with Crippen LogP contribution in [0.5, 0.6) is 0 Å². The van der Waals surface area contributed by atoms with E-state index >= 15 is 0 Å². The molecule has 1 aliphatic carbocycles. The highest BCUT2D eigenvalue weighted by molar-refractivity contribution is 7.09. The summed E-state index contributed by atoms with van der Waals surface area (Å²) in [6, 6.07) is -1.10. The van der Waals surface area contributed by atoms with Crippen LogP contribution in [0.25, 0.3) is 5.70 Å². The Bertz CT molecular complexity index is 968. The zero-order valence-electron chi connectivity index (χ0n) is 24.8. The molecule has 218 valence electrons. The molecule has 8 nitrogen and oxygen atoms in total. The average molecular weight is 559 g/mol. The van der Waals surface area contributed by atoms with Crippen LogP contribution in [-0.4, -0.2) is 65.9 Å². The van der Waals surface area contributed by atoms with Gasteiger partial charge in [0, 0.05) is 37.9 Å². The van der Waals surface area contributed by atoms with E-state index in [1.165, 1.54) is 6.42 Å². The summed E-state index contributed by atoms with van der Waals surface area (Å²) in [7, 11) is 3.64. The molecule has 9 heteroatoms. The Morgan fingerprint density at radius 3 is 2.51 bits per heavy atom. The van der Waals surface area contributed by atoms with E-state index in [-0.39, 0.29) is 29.8 Å². The summed E-state index contributed by atoms with van der Waals surface area (Å²) in [5.41, 5.74) is 1.79. The Labute approximate surface area is 240 Å². The van der Waals surface area contributed by atoms with Crippen LogP contribution in [0.2, 0.25) is 0 Å². The van der Waals surface area contributed by atoms with E-state index in [2.05, 4.69) is 58.9 Å². The topological polar surface area (TPSA) is 89.6 Å². The fourth-order valence-electron chi connectivity index (χ4n) is 4.95. The molecule has 0 saturated heterocycles. The second-order valence-electron chi connectivity index (χ2n) is 10.2. The van der Waals surface area contributed by atoms with E-state index < -0.39 is 6.04 Å². The van der Waals surface area contributed by atoms with Gasteiger partial charge in [0.05, 0.1) is 23.5 Å². The molecule has 0 bridgehead atoms. The van der Waals surface area contributed by atoms with Crippen LogP contribution in [-0.2, 0) is 9.59 Å². The van der Waals surface area contributed by atoms with Crippen molar-refractivity contribution < 1.29 is 9.59 Å². The van der Waals surface area contributed by atoms with Gasteiger partial charge in [0.2, 0.25) is 11.8 Å². The van der Waals surface area contributed by atoms with E-state index in [9.17, 15) is 9.59 Å². The Hall–Kier alpha value is -2.65. The molecule has 0 radical (unpaired) electrons. The SMILES string of the molecule is C=CCN(/C=C\CC)/C(=C\NC)c1csc(C(C)N(CCC)C(=O)C(NC(=O)[C@H](C)NC)C2CCCCC2)n1. The zero-order valence-corrected chi connectivity index (χ0v) is 25.7. The van der Waals surface area contributed by atoms with Crippen LogP contribution in [0.1, 0.15) is 89.4 Å². The summed E-state index contributed by atoms with van der Waals surface area (Å²) in [6.07, 6.45) is 15.0. The molecule has 2 rings (SSSR count). The summed E-state index contributed by atoms with van der Waals surface area (Å²) in [5, 5.41) is 12.2. The number of amides is 2. The average Bonchev–Trinajstić information content (AvgIpc) is 3.45. The van der Waals surface area contributed by atoms with Crippen LogP contribution in [0.4, 0.5) is 0 Å². The number of nitrogens with one attached hydrogen (secondary N) is 3. The fourth-order valence-corrected chi connectivity index (χ4v) is 5.84. The maximum atomic E-state index is 14.2. The van der Waals surface area contributed by atoms with Gasteiger partial charge in [-0.1, -0.05) is 45.3 Å². The van der Waals surface area contributed by atoms with Crippen molar-refractivity contribution in [1.82, 2.24) is 30.7 Å². The number of allylic oxidation sites excluding steroid dienone is 1. The lowest BCUT2D eigenvalue weighted by molar-refractivity contribution is -0.140. The third kappa shape index (κ3) is 9.21. The van der Waals surface area contributed by atoms with Crippen LogP contribution in [0, 0.1) is 5.92 Å². The molecular formula is C30H50N6O2S. The molecule has 0 aromatic carbocycles. The van der Waals surface area contributed by atoms with Crippen LogP contribution >= 0.6 is 11.3 Å². The second kappa shape index (κ2) is 17.1. The van der Waals surface area contributed by atoms with Gasteiger partial charge < -0.3 is 25.8 Å². The van der Waals surface area contributed by atoms with Gasteiger partial charge >= 0.3 is 0 Å². The summed E-state index contributed by atoms with van der Waals surface area (Å²) in [5.74, 6) is 0.0156. The summed E-state index contributed by atoms with van der Waals surface area (Å²) in [6.45, 7) is 13.2. The molecule has 2 unspecified atom stereocenters. The van der Waals surface area contributed by atoms with Crippen molar-refractivity contribution >= 4 is 28.8 Å². The standard InChI is InChI=1S/C30H50N6O2S/c1-8-11-19-35(17-9-2)26(20-31-6)25-21-39-29(33-25)23(5)36(18-10-3)30(38)27(24-15-13-12-14-16-24)34-28(37)22(4)32-7/h9,11,19-24,27,31-32H,2,8,10,12-18H2,1,3-7H3,(H,34,37)/b19-11-,26-20-/t22-,23?,27?/m0/s1. The Morgan fingerprint density at radius 2 is 1.92 bits per heavy atom. The number of hydrogen-bond acceptors (Lipinski definition) is 7. The molecule has 0 aliphatic heterocycles. The van der Waals surface area contributed by atoms with Gasteiger partial charge in [-0.3, -0.25) is 9.59 Å². The van der Waals surface area contributed by atoms with E-state index in [1.807, 2.05) is 38.1 Å². The monoisotopic (exact) mass is 558 g/mol. The van der Waals surface area contributed by atoms with Crippen LogP contribution in [0.3, 0.4) is 0 Å². The van der Waals surface area contributed by atoms with Gasteiger partial charge in [-0.05, 0) is 52.5 Å². The smallest absolute Gasteiger partial charge is 0.246 e. The molecule has 1 aromatic heterocycles. The van der Waals surface area contributed by atoms with Crippen molar-refractivity contribution in [2.45, 2.75) is 90.8 Å². The largest absolute Gasteiger partial charge is 0.392 e. The number of thiazole rings is 1. The second-order valence-corrected chi connectivity index (χ2v) is 11.1. The molecule has 2 amide bonds. The predicted octanol–water partition coefficient (Wildman–Crippen LogP) is 5.05. The quantitative estimate of drug-likeness (QED) is 0.246. The lowest BCUT2D eigenvalue weighted by atomic mass is 9.83. The number of aromatic nitrogens is 1. The first kappa shape index (κ1) is 32.6. The first-order valence-corrected chi connectivity index (χ1v) is 15.4. The van der Waals surface area contributed by atoms with Gasteiger partial charge in [-0.15, -0.1) is 17.9 Å². The molecule has 3 N–H and O–H groups in total. The molecule has 3 atom stereocenters. The molecule has 1 aliphatic rings. The summed E-state index contributed by atoms with van der Waals surface area (Å²) >= 11 is 1.56. The highest BCUT2D eigenvalue weighted by atomic mass is 32.1. The predicted molar refractivity (Wildman–Crippen MR) is 163 cm³/mol. The molecular weight excluding hydrogens is 508 g/mol. The Kier molecular flexibility index (Phi) is 14.3. The normalized spacial score (nSPS) is 16.9. The Morgan fingerprint density at radius 1 is 1.21 bits per heavy atom. The van der Waals surface area contributed by atoms with E-state index in [1.54, 1.807) is 18.4 Å². The lowest BCUT2D eigenvalue weighted by Crippen LogP contribution is -2.56. The molecule has 1 saturated carbocycles. The van der Waals surface area contributed by atoms with Gasteiger partial charge in [-0.25, -0.2) is 4.98 Å². The first-order valence-electron chi connectivity index (χ1n) is 14.5. The number of hydrogen-bond donors (Lipinski definition) is 3. The van der Waals surface area contributed by atoms with Crippen molar-refractivity contribution in [3.8, 4) is 0 Å². The van der Waals surface area contributed by atoms with E-state index in [4.69, 9.17) is 4.98 Å².